The van der Waals surface area contributed by atoms with E-state index < -0.39 is 17.7 Å². The normalized spacial score (nSPS) is 18.6. The average Bonchev–Trinajstić information content (AvgIpc) is 4.05. The molecule has 9 rings (SSSR count). The number of benzene rings is 4. The number of amides is 4. The largest absolute Gasteiger partial charge is 0.493 e. The lowest BCUT2D eigenvalue weighted by atomic mass is 9.83. The van der Waals surface area contributed by atoms with Crippen LogP contribution in [0.1, 0.15) is 71.9 Å². The van der Waals surface area contributed by atoms with Crippen molar-refractivity contribution in [3.8, 4) is 34.5 Å². The molecule has 16 nitrogen and oxygen atoms in total. The summed E-state index contributed by atoms with van der Waals surface area (Å²) in [6.07, 6.45) is 8.89. The lowest BCUT2D eigenvalue weighted by Crippen LogP contribution is -2.38. The molecule has 340 valence electrons. The molecule has 0 bridgehead atoms. The second-order valence-corrected chi connectivity index (χ2v) is 17.0. The number of primary amides is 1. The van der Waals surface area contributed by atoms with Crippen molar-refractivity contribution in [3.63, 3.8) is 0 Å². The first-order valence-corrected chi connectivity index (χ1v) is 21.9. The van der Waals surface area contributed by atoms with Gasteiger partial charge in [0.25, 0.3) is 11.8 Å². The van der Waals surface area contributed by atoms with Crippen LogP contribution in [0.4, 0.5) is 17.1 Å². The van der Waals surface area contributed by atoms with Crippen molar-refractivity contribution in [2.75, 3.05) is 39.5 Å². The van der Waals surface area contributed by atoms with Crippen molar-refractivity contribution >= 4 is 64.3 Å². The van der Waals surface area contributed by atoms with Crippen LogP contribution in [0.5, 0.6) is 34.5 Å². The average molecular weight is 895 g/mol. The van der Waals surface area contributed by atoms with Gasteiger partial charge in [0.2, 0.25) is 18.6 Å². The third-order valence-corrected chi connectivity index (χ3v) is 12.5. The van der Waals surface area contributed by atoms with Gasteiger partial charge < -0.3 is 49.3 Å². The number of carbonyl (C=O) groups is 4. The fourth-order valence-electron chi connectivity index (χ4n) is 9.00. The molecule has 0 saturated heterocycles. The smallest absolute Gasteiger partial charge is 0.260 e. The van der Waals surface area contributed by atoms with Crippen molar-refractivity contribution < 1.29 is 47.6 Å². The third kappa shape index (κ3) is 8.41. The summed E-state index contributed by atoms with van der Waals surface area (Å²) < 4.78 is 34.6. The molecule has 4 atom stereocenters. The van der Waals surface area contributed by atoms with Gasteiger partial charge in [-0.05, 0) is 64.6 Å². The van der Waals surface area contributed by atoms with Crippen molar-refractivity contribution in [2.45, 2.75) is 52.1 Å². The van der Waals surface area contributed by atoms with E-state index in [0.717, 1.165) is 22.3 Å². The minimum atomic E-state index is -0.592. The van der Waals surface area contributed by atoms with Gasteiger partial charge in [0, 0.05) is 67.8 Å². The Kier molecular flexibility index (Phi) is 12.0. The molecule has 5 aliphatic heterocycles. The quantitative estimate of drug-likeness (QED) is 0.113. The molecule has 0 radical (unpaired) electrons. The summed E-state index contributed by atoms with van der Waals surface area (Å²) in [5.41, 5.74) is 11.7. The van der Waals surface area contributed by atoms with Crippen LogP contribution in [0.15, 0.2) is 89.1 Å². The van der Waals surface area contributed by atoms with Crippen molar-refractivity contribution in [3.05, 3.63) is 101 Å². The highest BCUT2D eigenvalue weighted by molar-refractivity contribution is 6.06. The number of rotatable bonds is 15. The Morgan fingerprint density at radius 2 is 1.26 bits per heavy atom. The van der Waals surface area contributed by atoms with E-state index in [1.54, 1.807) is 65.6 Å². The van der Waals surface area contributed by atoms with E-state index in [1.807, 2.05) is 56.6 Å². The third-order valence-electron chi connectivity index (χ3n) is 12.5. The summed E-state index contributed by atoms with van der Waals surface area (Å²) in [4.78, 5) is 65.6. The molecule has 66 heavy (non-hydrogen) atoms. The molecule has 4 aromatic carbocycles. The van der Waals surface area contributed by atoms with Crippen molar-refractivity contribution in [1.29, 1.82) is 0 Å². The molecule has 0 aliphatic carbocycles. The second-order valence-electron chi connectivity index (χ2n) is 17.0. The molecular formula is C50H50N6O10. The molecule has 0 fully saturated rings. The van der Waals surface area contributed by atoms with Crippen molar-refractivity contribution in [2.24, 2.45) is 33.5 Å². The van der Waals surface area contributed by atoms with Crippen LogP contribution >= 0.6 is 0 Å². The molecule has 5 heterocycles. The maximum atomic E-state index is 14.0. The minimum absolute atomic E-state index is 0.0753. The zero-order chi connectivity index (χ0) is 46.2. The maximum absolute atomic E-state index is 14.0. The number of nitrogens with one attached hydrogen (secondary N) is 1. The van der Waals surface area contributed by atoms with Crippen LogP contribution in [0.2, 0.25) is 0 Å². The number of hydrogen-bond acceptors (Lipinski definition) is 12. The Morgan fingerprint density at radius 1 is 0.727 bits per heavy atom. The van der Waals surface area contributed by atoms with Gasteiger partial charge in [-0.25, -0.2) is 0 Å². The summed E-state index contributed by atoms with van der Waals surface area (Å²) in [6.45, 7) is 6.17. The first-order valence-electron chi connectivity index (χ1n) is 21.9. The monoisotopic (exact) mass is 894 g/mol. The first-order chi connectivity index (χ1) is 31.9. The van der Waals surface area contributed by atoms with Gasteiger partial charge in [-0.1, -0.05) is 39.0 Å². The van der Waals surface area contributed by atoms with Gasteiger partial charge in [0.05, 0.1) is 67.9 Å². The maximum Gasteiger partial charge on any atom is 0.260 e. The Balaban J connectivity index is 0.808. The van der Waals surface area contributed by atoms with Gasteiger partial charge >= 0.3 is 0 Å². The minimum Gasteiger partial charge on any atom is -0.493 e. The molecule has 0 spiro atoms. The van der Waals surface area contributed by atoms with Crippen LogP contribution in [0.25, 0.3) is 11.1 Å². The van der Waals surface area contributed by atoms with Crippen LogP contribution in [-0.4, -0.2) is 92.2 Å². The Labute approximate surface area is 381 Å². The number of anilines is 1. The highest BCUT2D eigenvalue weighted by Crippen LogP contribution is 2.43. The van der Waals surface area contributed by atoms with E-state index in [9.17, 15) is 19.2 Å². The summed E-state index contributed by atoms with van der Waals surface area (Å²) in [6, 6.07) is 19.3. The van der Waals surface area contributed by atoms with Crippen LogP contribution in [0, 0.1) is 17.8 Å². The summed E-state index contributed by atoms with van der Waals surface area (Å²) in [5, 5.41) is 2.89. The molecule has 0 saturated carbocycles. The fraction of sp³-hybridized carbons (Fsp3) is 0.320. The summed E-state index contributed by atoms with van der Waals surface area (Å²) in [7, 11) is 3.04. The zero-order valence-electron chi connectivity index (χ0n) is 37.2. The van der Waals surface area contributed by atoms with Crippen molar-refractivity contribution in [1.82, 2.24) is 9.80 Å². The van der Waals surface area contributed by atoms with Gasteiger partial charge in [0.1, 0.15) is 0 Å². The highest BCUT2D eigenvalue weighted by atomic mass is 16.7. The number of hydrogen-bond donors (Lipinski definition) is 2. The number of nitrogens with two attached hydrogens (primary N) is 1. The number of methoxy groups -OCH3 is 2. The van der Waals surface area contributed by atoms with E-state index in [-0.39, 0.29) is 55.7 Å². The number of carbonyl (C=O) groups excluding carboxylic acids is 4. The molecular weight excluding hydrogens is 845 g/mol. The van der Waals surface area contributed by atoms with E-state index >= 15 is 0 Å². The Morgan fingerprint density at radius 3 is 1.79 bits per heavy atom. The van der Waals surface area contributed by atoms with Gasteiger partial charge in [-0.15, -0.1) is 0 Å². The standard InChI is InChI=1S/C50H50N6O10/c1-27(2)46(47(51)57)28(3)48(58)54-33-10-7-29(8-11-33)31-15-34-22-52-38-20-44(41(61-4)18-36(38)49(59)55(34)24-31)63-13-6-14-64-45-21-39-37(19-42(45)62-5)50(60)56-25-32(16-35(56)23-53-39)30-9-12-40-43(17-30)66-26-65-40/h7-12,17-25,27-28,34-35,46H,6,13-16,26H2,1-5H3,(H2,51,57)(H,54,58)/t28-,34-,35-,46?/m0/s1. The van der Waals surface area contributed by atoms with Crippen LogP contribution in [0.3, 0.4) is 0 Å². The Hall–Kier alpha value is -7.62. The van der Waals surface area contributed by atoms with E-state index in [1.165, 1.54) is 14.2 Å². The molecule has 4 amide bonds. The molecule has 16 heteroatoms. The van der Waals surface area contributed by atoms with Gasteiger partial charge in [0.15, 0.2) is 34.5 Å². The lowest BCUT2D eigenvalue weighted by Gasteiger charge is -2.23. The highest BCUT2D eigenvalue weighted by Gasteiger charge is 2.36. The number of ether oxygens (including phenoxy) is 6. The van der Waals surface area contributed by atoms with E-state index in [2.05, 4.69) is 5.32 Å². The Bertz CT molecular complexity index is 2740. The second kappa shape index (κ2) is 18.1. The topological polar surface area (TPSA) is 193 Å². The van der Waals surface area contributed by atoms with E-state index in [4.69, 9.17) is 44.1 Å². The fourth-order valence-corrected chi connectivity index (χ4v) is 9.00. The zero-order valence-corrected chi connectivity index (χ0v) is 37.2. The predicted molar refractivity (Wildman–Crippen MR) is 247 cm³/mol. The molecule has 5 aliphatic rings. The van der Waals surface area contributed by atoms with E-state index in [0.29, 0.717) is 81.9 Å². The number of aliphatic imine (C=N–C) groups is 2. The molecule has 1 unspecified atom stereocenters. The number of fused-ring (bicyclic) bond motifs is 5. The number of nitrogens with zero attached hydrogens (tertiary/aromatic N) is 4. The van der Waals surface area contributed by atoms with Crippen LogP contribution < -0.4 is 39.5 Å². The predicted octanol–water partition coefficient (Wildman–Crippen LogP) is 7.56. The molecule has 3 N–H and O–H groups in total. The molecule has 4 aromatic rings. The SMILES string of the molecule is COc1cc2c(cc1OCCCOc1cc3c(cc1OC)C(=O)N1C=C(c4ccc5c(c4)OCO5)C[C@H]1C=N3)N=C[C@@H]1CC(c3ccc(NC(=O)[C@@H](C)C(C(N)=O)C(C)C)cc3)=CN1C2=O. The van der Waals surface area contributed by atoms with Crippen LogP contribution in [-0.2, 0) is 9.59 Å². The summed E-state index contributed by atoms with van der Waals surface area (Å²) >= 11 is 0. The summed E-state index contributed by atoms with van der Waals surface area (Å²) in [5.74, 6) is 0.607. The lowest BCUT2D eigenvalue weighted by molar-refractivity contribution is -0.131. The first kappa shape index (κ1) is 43.6. The molecule has 0 aromatic heterocycles. The van der Waals surface area contributed by atoms with Gasteiger partial charge in [-0.3, -0.25) is 29.2 Å². The van der Waals surface area contributed by atoms with Gasteiger partial charge in [-0.2, -0.15) is 0 Å².